The summed E-state index contributed by atoms with van der Waals surface area (Å²) >= 11 is 3.45. The number of rotatable bonds is 4. The molecule has 1 aliphatic heterocycles. The minimum atomic E-state index is -0.945. The lowest BCUT2D eigenvalue weighted by Crippen LogP contribution is -2.10. The predicted molar refractivity (Wildman–Crippen MR) is 107 cm³/mol. The molecule has 3 aromatic rings. The molecular weight excluding hydrogens is 424 g/mol. The number of carboxylic acid groups (broad SMARTS) is 1. The standard InChI is InChI=1S/C20H17BrN4O3/c1-11-23-24-20-16(10-18(26)27)22-19(12-3-5-13(21)6-4-12)15-9-14(28-2)7-8-17(15)25(11)20/h3-9,16H,10H2,1-2H3,(H,26,27)/t16-/m0/s1. The smallest absolute Gasteiger partial charge is 0.306 e. The van der Waals surface area contributed by atoms with Gasteiger partial charge in [0.2, 0.25) is 0 Å². The fourth-order valence-electron chi connectivity index (χ4n) is 3.34. The van der Waals surface area contributed by atoms with E-state index in [1.807, 2.05) is 54.0 Å². The van der Waals surface area contributed by atoms with Crippen LogP contribution in [0.2, 0.25) is 0 Å². The van der Waals surface area contributed by atoms with Crippen LogP contribution in [0.4, 0.5) is 0 Å². The van der Waals surface area contributed by atoms with Crippen molar-refractivity contribution < 1.29 is 14.6 Å². The summed E-state index contributed by atoms with van der Waals surface area (Å²) in [7, 11) is 1.61. The lowest BCUT2D eigenvalue weighted by atomic mass is 10.00. The van der Waals surface area contributed by atoms with Gasteiger partial charge >= 0.3 is 5.97 Å². The van der Waals surface area contributed by atoms with Crippen LogP contribution in [0.15, 0.2) is 51.9 Å². The fourth-order valence-corrected chi connectivity index (χ4v) is 3.61. The molecular formula is C20H17BrN4O3. The fraction of sp³-hybridized carbons (Fsp3) is 0.200. The number of fused-ring (bicyclic) bond motifs is 3. The monoisotopic (exact) mass is 440 g/mol. The molecule has 0 unspecified atom stereocenters. The number of halogens is 1. The van der Waals surface area contributed by atoms with Crippen LogP contribution in [0.25, 0.3) is 5.69 Å². The number of ether oxygens (including phenoxy) is 1. The summed E-state index contributed by atoms with van der Waals surface area (Å²) in [5.74, 6) is 0.926. The van der Waals surface area contributed by atoms with Gasteiger partial charge in [0.25, 0.3) is 0 Å². The van der Waals surface area contributed by atoms with Crippen molar-refractivity contribution in [2.75, 3.05) is 7.11 Å². The molecule has 2 aromatic carbocycles. The third-order valence-electron chi connectivity index (χ3n) is 4.62. The summed E-state index contributed by atoms with van der Waals surface area (Å²) in [6, 6.07) is 12.8. The first-order valence-corrected chi connectivity index (χ1v) is 9.43. The third kappa shape index (κ3) is 3.20. The number of carbonyl (C=O) groups is 1. The molecule has 1 atom stereocenters. The average molecular weight is 441 g/mol. The number of aliphatic carboxylic acids is 1. The van der Waals surface area contributed by atoms with E-state index >= 15 is 0 Å². The van der Waals surface area contributed by atoms with Crippen LogP contribution in [0.3, 0.4) is 0 Å². The van der Waals surface area contributed by atoms with Crippen LogP contribution >= 0.6 is 15.9 Å². The number of hydrogen-bond acceptors (Lipinski definition) is 5. The second-order valence-electron chi connectivity index (χ2n) is 6.42. The van der Waals surface area contributed by atoms with Gasteiger partial charge in [-0.3, -0.25) is 14.4 Å². The number of aromatic nitrogens is 3. The van der Waals surface area contributed by atoms with Crippen molar-refractivity contribution in [3.8, 4) is 11.4 Å². The van der Waals surface area contributed by atoms with Crippen LogP contribution in [-0.2, 0) is 4.79 Å². The van der Waals surface area contributed by atoms with Crippen LogP contribution < -0.4 is 4.74 Å². The van der Waals surface area contributed by atoms with Crippen molar-refractivity contribution in [3.05, 3.63) is 69.7 Å². The molecule has 7 nitrogen and oxygen atoms in total. The van der Waals surface area contributed by atoms with E-state index in [0.717, 1.165) is 21.3 Å². The topological polar surface area (TPSA) is 89.6 Å². The zero-order chi connectivity index (χ0) is 19.8. The first-order valence-electron chi connectivity index (χ1n) is 8.64. The van der Waals surface area contributed by atoms with Gasteiger partial charge in [0, 0.05) is 15.6 Å². The Bertz CT molecular complexity index is 1090. The van der Waals surface area contributed by atoms with E-state index in [2.05, 4.69) is 26.1 Å². The first-order chi connectivity index (χ1) is 13.5. The zero-order valence-corrected chi connectivity index (χ0v) is 16.8. The summed E-state index contributed by atoms with van der Waals surface area (Å²) in [6.07, 6.45) is -0.177. The van der Waals surface area contributed by atoms with Gasteiger partial charge in [-0.2, -0.15) is 0 Å². The maximum atomic E-state index is 11.5. The second-order valence-corrected chi connectivity index (χ2v) is 7.34. The van der Waals surface area contributed by atoms with E-state index in [4.69, 9.17) is 9.73 Å². The number of carboxylic acids is 1. The Balaban J connectivity index is 2.02. The number of aliphatic imine (C=N–C) groups is 1. The van der Waals surface area contributed by atoms with Gasteiger partial charge in [-0.1, -0.05) is 28.1 Å². The molecule has 0 bridgehead atoms. The zero-order valence-electron chi connectivity index (χ0n) is 15.3. The van der Waals surface area contributed by atoms with Crippen molar-refractivity contribution in [3.63, 3.8) is 0 Å². The van der Waals surface area contributed by atoms with E-state index in [-0.39, 0.29) is 6.42 Å². The minimum Gasteiger partial charge on any atom is -0.497 e. The van der Waals surface area contributed by atoms with Crippen molar-refractivity contribution in [2.45, 2.75) is 19.4 Å². The molecule has 0 fully saturated rings. The molecule has 0 saturated heterocycles. The Kier molecular flexibility index (Phi) is 4.72. The number of benzene rings is 2. The van der Waals surface area contributed by atoms with Crippen molar-refractivity contribution in [1.29, 1.82) is 0 Å². The Morgan fingerprint density at radius 2 is 1.96 bits per heavy atom. The average Bonchev–Trinajstić information content (AvgIpc) is 3.00. The number of nitrogens with zero attached hydrogens (tertiary/aromatic N) is 4. The normalized spacial score (nSPS) is 15.2. The Hall–Kier alpha value is -3.00. The highest BCUT2D eigenvalue weighted by molar-refractivity contribution is 9.10. The molecule has 28 heavy (non-hydrogen) atoms. The van der Waals surface area contributed by atoms with E-state index in [1.54, 1.807) is 7.11 Å². The molecule has 1 aromatic heterocycles. The Labute approximate surface area is 169 Å². The van der Waals surface area contributed by atoms with Gasteiger partial charge in [-0.25, -0.2) is 0 Å². The van der Waals surface area contributed by atoms with Crippen LogP contribution in [0.1, 0.15) is 35.2 Å². The van der Waals surface area contributed by atoms with Gasteiger partial charge < -0.3 is 9.84 Å². The van der Waals surface area contributed by atoms with Crippen molar-refractivity contribution in [2.24, 2.45) is 4.99 Å². The van der Waals surface area contributed by atoms with E-state index in [0.29, 0.717) is 23.1 Å². The lowest BCUT2D eigenvalue weighted by Gasteiger charge is -2.14. The van der Waals surface area contributed by atoms with Gasteiger partial charge in [0.05, 0.1) is 24.9 Å². The Morgan fingerprint density at radius 1 is 1.21 bits per heavy atom. The molecule has 0 spiro atoms. The SMILES string of the molecule is COc1ccc2c(c1)C(c1ccc(Br)cc1)=N[C@@H](CC(=O)O)c1nnc(C)n1-2. The summed E-state index contributed by atoms with van der Waals surface area (Å²) in [5.41, 5.74) is 3.24. The molecule has 4 rings (SSSR count). The largest absolute Gasteiger partial charge is 0.497 e. The number of methoxy groups -OCH3 is 1. The van der Waals surface area contributed by atoms with Gasteiger partial charge in [0.15, 0.2) is 5.82 Å². The molecule has 0 radical (unpaired) electrons. The highest BCUT2D eigenvalue weighted by atomic mass is 79.9. The third-order valence-corrected chi connectivity index (χ3v) is 5.15. The molecule has 0 saturated carbocycles. The maximum Gasteiger partial charge on any atom is 0.306 e. The molecule has 2 heterocycles. The first kappa shape index (κ1) is 18.4. The summed E-state index contributed by atoms with van der Waals surface area (Å²) in [4.78, 5) is 16.3. The van der Waals surface area contributed by atoms with Gasteiger partial charge in [-0.15, -0.1) is 10.2 Å². The minimum absolute atomic E-state index is 0.177. The number of hydrogen-bond donors (Lipinski definition) is 1. The summed E-state index contributed by atoms with van der Waals surface area (Å²) in [6.45, 7) is 1.84. The predicted octanol–water partition coefficient (Wildman–Crippen LogP) is 3.71. The summed E-state index contributed by atoms with van der Waals surface area (Å²) in [5, 5.41) is 17.8. The van der Waals surface area contributed by atoms with E-state index in [9.17, 15) is 9.90 Å². The van der Waals surface area contributed by atoms with Crippen LogP contribution in [-0.4, -0.2) is 38.7 Å². The van der Waals surface area contributed by atoms with Crippen molar-refractivity contribution in [1.82, 2.24) is 14.8 Å². The molecule has 0 aliphatic carbocycles. The van der Waals surface area contributed by atoms with Crippen LogP contribution in [0.5, 0.6) is 5.75 Å². The molecule has 142 valence electrons. The molecule has 1 N–H and O–H groups in total. The Morgan fingerprint density at radius 3 is 2.64 bits per heavy atom. The molecule has 8 heteroatoms. The number of aryl methyl sites for hydroxylation is 1. The maximum absolute atomic E-state index is 11.5. The highest BCUT2D eigenvalue weighted by Crippen LogP contribution is 2.34. The van der Waals surface area contributed by atoms with E-state index < -0.39 is 12.0 Å². The summed E-state index contributed by atoms with van der Waals surface area (Å²) < 4.78 is 8.24. The highest BCUT2D eigenvalue weighted by Gasteiger charge is 2.29. The lowest BCUT2D eigenvalue weighted by molar-refractivity contribution is -0.137. The molecule has 0 amide bonds. The van der Waals surface area contributed by atoms with Crippen molar-refractivity contribution >= 4 is 27.6 Å². The molecule has 1 aliphatic rings. The second kappa shape index (κ2) is 7.20. The van der Waals surface area contributed by atoms with Gasteiger partial charge in [-0.05, 0) is 37.3 Å². The quantitative estimate of drug-likeness (QED) is 0.667. The van der Waals surface area contributed by atoms with Crippen LogP contribution in [0, 0.1) is 6.92 Å². The van der Waals surface area contributed by atoms with Gasteiger partial charge in [0.1, 0.15) is 17.6 Å². The van der Waals surface area contributed by atoms with E-state index in [1.165, 1.54) is 0 Å².